The van der Waals surface area contributed by atoms with E-state index >= 15 is 0 Å². The number of ketones is 1. The van der Waals surface area contributed by atoms with Crippen molar-refractivity contribution in [3.05, 3.63) is 41.5 Å². The highest BCUT2D eigenvalue weighted by molar-refractivity contribution is 8.01. The Balaban J connectivity index is 1.87. The molecule has 1 atom stereocenters. The molecule has 22 heavy (non-hydrogen) atoms. The summed E-state index contributed by atoms with van der Waals surface area (Å²) < 4.78 is 6.17. The van der Waals surface area contributed by atoms with Crippen molar-refractivity contribution in [3.63, 3.8) is 0 Å². The Hall–Kier alpha value is -1.22. The first-order valence-corrected chi connectivity index (χ1v) is 9.28. The first-order chi connectivity index (χ1) is 10.7. The predicted octanol–water partition coefficient (Wildman–Crippen LogP) is 4.79. The first-order valence-electron chi connectivity index (χ1n) is 8.29. The second-order valence-corrected chi connectivity index (χ2v) is 8.13. The molecule has 0 amide bonds. The zero-order valence-electron chi connectivity index (χ0n) is 13.1. The number of ether oxygens (including phenoxy) is 1. The van der Waals surface area contributed by atoms with E-state index in [-0.39, 0.29) is 5.60 Å². The first kappa shape index (κ1) is 14.4. The Kier molecular flexibility index (Phi) is 3.37. The minimum atomic E-state index is -0.415. The van der Waals surface area contributed by atoms with Crippen LogP contribution in [0, 0.1) is 0 Å². The maximum absolute atomic E-state index is 13.4. The number of fused-ring (bicyclic) bond motifs is 2. The van der Waals surface area contributed by atoms with Crippen LogP contribution in [0.3, 0.4) is 0 Å². The van der Waals surface area contributed by atoms with Gasteiger partial charge in [-0.15, -0.1) is 11.8 Å². The van der Waals surface area contributed by atoms with E-state index in [0.29, 0.717) is 5.78 Å². The number of benzene rings is 1. The molecule has 1 aromatic carbocycles. The summed E-state index contributed by atoms with van der Waals surface area (Å²) in [6, 6.07) is 7.81. The van der Waals surface area contributed by atoms with E-state index in [1.807, 2.05) is 36.0 Å². The van der Waals surface area contributed by atoms with Gasteiger partial charge < -0.3 is 4.74 Å². The van der Waals surface area contributed by atoms with Crippen LogP contribution in [0.5, 0.6) is 5.75 Å². The van der Waals surface area contributed by atoms with Gasteiger partial charge in [-0.05, 0) is 51.2 Å². The van der Waals surface area contributed by atoms with Crippen molar-refractivity contribution in [3.8, 4) is 5.75 Å². The van der Waals surface area contributed by atoms with Gasteiger partial charge in [-0.2, -0.15) is 0 Å². The Labute approximate surface area is 136 Å². The lowest BCUT2D eigenvalue weighted by Gasteiger charge is -2.54. The molecule has 2 heterocycles. The molecule has 3 aliphatic rings. The van der Waals surface area contributed by atoms with Crippen LogP contribution in [0.2, 0.25) is 0 Å². The second kappa shape index (κ2) is 5.16. The molecule has 1 aromatic rings. The SMILES string of the molecule is CC1=CCC2(SC1)C(=O)c1ccccc1OC21CCCCC1. The zero-order valence-corrected chi connectivity index (χ0v) is 13.9. The smallest absolute Gasteiger partial charge is 0.186 e. The van der Waals surface area contributed by atoms with E-state index < -0.39 is 4.75 Å². The Bertz CT molecular complexity index is 643. The maximum atomic E-state index is 13.4. The van der Waals surface area contributed by atoms with Crippen LogP contribution in [0.4, 0.5) is 0 Å². The number of allylic oxidation sites excluding steroid dienone is 1. The van der Waals surface area contributed by atoms with Crippen LogP contribution in [-0.2, 0) is 0 Å². The quantitative estimate of drug-likeness (QED) is 0.644. The molecule has 1 unspecified atom stereocenters. The van der Waals surface area contributed by atoms with Gasteiger partial charge in [-0.1, -0.05) is 30.2 Å². The van der Waals surface area contributed by atoms with Crippen molar-refractivity contribution in [1.82, 2.24) is 0 Å². The topological polar surface area (TPSA) is 26.3 Å². The highest BCUT2D eigenvalue weighted by atomic mass is 32.2. The number of Topliss-reactive ketones (excluding diaryl/α,β-unsaturated/α-hetero) is 1. The molecule has 0 saturated heterocycles. The molecule has 2 aliphatic heterocycles. The largest absolute Gasteiger partial charge is 0.485 e. The summed E-state index contributed by atoms with van der Waals surface area (Å²) in [5, 5.41) is 0. The molecule has 0 radical (unpaired) electrons. The van der Waals surface area contributed by atoms with Crippen LogP contribution in [-0.4, -0.2) is 21.9 Å². The number of thioether (sulfide) groups is 1. The molecule has 116 valence electrons. The van der Waals surface area contributed by atoms with Crippen LogP contribution < -0.4 is 4.74 Å². The van der Waals surface area contributed by atoms with Gasteiger partial charge >= 0.3 is 0 Å². The fourth-order valence-electron chi connectivity index (χ4n) is 4.24. The van der Waals surface area contributed by atoms with Gasteiger partial charge in [0.1, 0.15) is 16.1 Å². The lowest BCUT2D eigenvalue weighted by molar-refractivity contribution is -0.0116. The van der Waals surface area contributed by atoms with Crippen molar-refractivity contribution in [1.29, 1.82) is 0 Å². The third-order valence-corrected chi connectivity index (χ3v) is 7.30. The Morgan fingerprint density at radius 1 is 1.14 bits per heavy atom. The van der Waals surface area contributed by atoms with Crippen molar-refractivity contribution >= 4 is 17.5 Å². The summed E-state index contributed by atoms with van der Waals surface area (Å²) in [6.07, 6.45) is 8.69. The minimum absolute atomic E-state index is 0.296. The van der Waals surface area contributed by atoms with E-state index in [1.54, 1.807) is 0 Å². The summed E-state index contributed by atoms with van der Waals surface area (Å²) in [6.45, 7) is 2.16. The fraction of sp³-hybridized carbons (Fsp3) is 0.526. The van der Waals surface area contributed by atoms with Crippen molar-refractivity contribution in [2.24, 2.45) is 0 Å². The predicted molar refractivity (Wildman–Crippen MR) is 90.8 cm³/mol. The standard InChI is InChI=1S/C19H22O2S/c1-14-9-12-19(22-13-14)17(20)15-7-3-4-8-16(15)21-18(19)10-5-2-6-11-18/h3-4,7-9H,2,5-6,10-13H2,1H3. The summed E-state index contributed by atoms with van der Waals surface area (Å²) in [7, 11) is 0. The summed E-state index contributed by atoms with van der Waals surface area (Å²) in [5.41, 5.74) is 1.85. The molecule has 0 bridgehead atoms. The summed E-state index contributed by atoms with van der Waals surface area (Å²) >= 11 is 1.83. The lowest BCUT2D eigenvalue weighted by atomic mass is 9.68. The summed E-state index contributed by atoms with van der Waals surface area (Å²) in [4.78, 5) is 13.4. The van der Waals surface area contributed by atoms with Gasteiger partial charge in [-0.3, -0.25) is 4.79 Å². The van der Waals surface area contributed by atoms with Gasteiger partial charge in [0.25, 0.3) is 0 Å². The molecule has 2 nitrogen and oxygen atoms in total. The van der Waals surface area contributed by atoms with Crippen LogP contribution >= 0.6 is 11.8 Å². The molecule has 0 N–H and O–H groups in total. The van der Waals surface area contributed by atoms with Crippen LogP contribution in [0.25, 0.3) is 0 Å². The van der Waals surface area contributed by atoms with Gasteiger partial charge in [0.15, 0.2) is 5.78 Å². The Morgan fingerprint density at radius 2 is 1.91 bits per heavy atom. The molecule has 0 aromatic heterocycles. The van der Waals surface area contributed by atoms with Crippen LogP contribution in [0.15, 0.2) is 35.9 Å². The summed E-state index contributed by atoms with van der Waals surface area (Å²) in [5.74, 6) is 2.04. The highest BCUT2D eigenvalue weighted by Gasteiger charge is 2.61. The molecule has 1 aliphatic carbocycles. The fourth-order valence-corrected chi connectivity index (χ4v) is 5.78. The molecular formula is C19H22O2S. The van der Waals surface area contributed by atoms with Crippen molar-refractivity contribution in [2.75, 3.05) is 5.75 Å². The van der Waals surface area contributed by atoms with Gasteiger partial charge in [0.2, 0.25) is 0 Å². The Morgan fingerprint density at radius 3 is 2.64 bits per heavy atom. The zero-order chi connectivity index (χ0) is 15.2. The van der Waals surface area contributed by atoms with Gasteiger partial charge in [0, 0.05) is 5.75 Å². The normalized spacial score (nSPS) is 29.9. The van der Waals surface area contributed by atoms with Crippen LogP contribution in [0.1, 0.15) is 55.8 Å². The number of carbonyl (C=O) groups is 1. The molecular weight excluding hydrogens is 292 g/mol. The maximum Gasteiger partial charge on any atom is 0.186 e. The van der Waals surface area contributed by atoms with E-state index in [1.165, 1.54) is 24.8 Å². The highest BCUT2D eigenvalue weighted by Crippen LogP contribution is 2.56. The number of hydrogen-bond donors (Lipinski definition) is 0. The number of para-hydroxylation sites is 1. The molecule has 1 saturated carbocycles. The van der Waals surface area contributed by atoms with Gasteiger partial charge in [-0.25, -0.2) is 0 Å². The third-order valence-electron chi connectivity index (χ3n) is 5.49. The van der Waals surface area contributed by atoms with E-state index in [9.17, 15) is 4.79 Å². The monoisotopic (exact) mass is 314 g/mol. The van der Waals surface area contributed by atoms with Crippen molar-refractivity contribution < 1.29 is 9.53 Å². The number of hydrogen-bond acceptors (Lipinski definition) is 3. The third kappa shape index (κ3) is 1.91. The molecule has 2 spiro atoms. The number of carbonyl (C=O) groups excluding carboxylic acids is 1. The van der Waals surface area contributed by atoms with E-state index in [4.69, 9.17) is 4.74 Å². The van der Waals surface area contributed by atoms with E-state index in [2.05, 4.69) is 13.0 Å². The van der Waals surface area contributed by atoms with Gasteiger partial charge in [0.05, 0.1) is 5.56 Å². The molecule has 4 rings (SSSR count). The lowest BCUT2D eigenvalue weighted by Crippen LogP contribution is -2.64. The van der Waals surface area contributed by atoms with Crippen molar-refractivity contribution in [2.45, 2.75) is 55.8 Å². The number of rotatable bonds is 0. The molecule has 1 fully saturated rings. The second-order valence-electron chi connectivity index (χ2n) is 6.85. The molecule has 3 heteroatoms. The van der Waals surface area contributed by atoms with E-state index in [0.717, 1.165) is 36.3 Å². The minimum Gasteiger partial charge on any atom is -0.485 e. The average molecular weight is 314 g/mol. The average Bonchev–Trinajstić information content (AvgIpc) is 2.56.